The summed E-state index contributed by atoms with van der Waals surface area (Å²) in [6, 6.07) is 15.0. The van der Waals surface area contributed by atoms with Crippen LogP contribution in [0.4, 0.5) is 0 Å². The zero-order valence-corrected chi connectivity index (χ0v) is 16.4. The van der Waals surface area contributed by atoms with Crippen LogP contribution in [0.25, 0.3) is 10.2 Å². The van der Waals surface area contributed by atoms with Crippen molar-refractivity contribution in [3.8, 4) is 5.75 Å². The molecule has 136 valence electrons. The predicted octanol–water partition coefficient (Wildman–Crippen LogP) is 4.92. The molecule has 4 aromatic rings. The topological polar surface area (TPSA) is 64.1 Å². The number of rotatable bonds is 6. The minimum absolute atomic E-state index is 0.219. The number of aromatic nitrogens is 2. The molecule has 0 saturated heterocycles. The SMILES string of the molecule is O=C(NCc1nc2ccccc2s1)c1csc(COc2ccc(Cl)cc2)n1. The van der Waals surface area contributed by atoms with Gasteiger partial charge in [-0.3, -0.25) is 4.79 Å². The minimum atomic E-state index is -0.219. The first-order valence-corrected chi connectivity index (χ1v) is 10.2. The van der Waals surface area contributed by atoms with Crippen LogP contribution < -0.4 is 10.1 Å². The lowest BCUT2D eigenvalue weighted by molar-refractivity contribution is 0.0946. The van der Waals surface area contributed by atoms with E-state index in [0.717, 1.165) is 20.2 Å². The summed E-state index contributed by atoms with van der Waals surface area (Å²) in [6.07, 6.45) is 0. The molecule has 4 rings (SSSR count). The van der Waals surface area contributed by atoms with Crippen molar-refractivity contribution in [2.24, 2.45) is 0 Å². The first kappa shape index (κ1) is 17.9. The number of para-hydroxylation sites is 1. The number of nitrogens with zero attached hydrogens (tertiary/aromatic N) is 2. The number of carbonyl (C=O) groups is 1. The Hall–Kier alpha value is -2.48. The Bertz CT molecular complexity index is 1040. The molecule has 1 amide bonds. The molecule has 0 atom stereocenters. The van der Waals surface area contributed by atoms with Crippen molar-refractivity contribution in [2.75, 3.05) is 0 Å². The highest BCUT2D eigenvalue weighted by molar-refractivity contribution is 7.18. The Morgan fingerprint density at radius 1 is 1.07 bits per heavy atom. The lowest BCUT2D eigenvalue weighted by atomic mass is 10.3. The van der Waals surface area contributed by atoms with Gasteiger partial charge in [-0.25, -0.2) is 9.97 Å². The number of hydrogen-bond donors (Lipinski definition) is 1. The maximum Gasteiger partial charge on any atom is 0.271 e. The van der Waals surface area contributed by atoms with Crippen LogP contribution in [0.5, 0.6) is 5.75 Å². The van der Waals surface area contributed by atoms with Crippen LogP contribution in [0.3, 0.4) is 0 Å². The molecule has 1 N–H and O–H groups in total. The molecule has 2 aromatic heterocycles. The zero-order valence-electron chi connectivity index (χ0n) is 14.0. The van der Waals surface area contributed by atoms with Gasteiger partial charge in [0, 0.05) is 10.4 Å². The molecule has 0 spiro atoms. The third kappa shape index (κ3) is 4.44. The number of ether oxygens (including phenoxy) is 1. The van der Waals surface area contributed by atoms with Gasteiger partial charge in [-0.15, -0.1) is 22.7 Å². The van der Waals surface area contributed by atoms with E-state index in [2.05, 4.69) is 15.3 Å². The van der Waals surface area contributed by atoms with Gasteiger partial charge in [-0.05, 0) is 36.4 Å². The highest BCUT2D eigenvalue weighted by Gasteiger charge is 2.12. The number of halogens is 1. The van der Waals surface area contributed by atoms with Crippen molar-refractivity contribution < 1.29 is 9.53 Å². The fourth-order valence-corrected chi connectivity index (χ4v) is 4.12. The molecule has 0 unspecified atom stereocenters. The van der Waals surface area contributed by atoms with Gasteiger partial charge in [0.1, 0.15) is 28.1 Å². The van der Waals surface area contributed by atoms with Crippen molar-refractivity contribution in [2.45, 2.75) is 13.2 Å². The number of carbonyl (C=O) groups excluding carboxylic acids is 1. The second-order valence-electron chi connectivity index (χ2n) is 5.63. The van der Waals surface area contributed by atoms with Crippen LogP contribution in [-0.4, -0.2) is 15.9 Å². The van der Waals surface area contributed by atoms with Gasteiger partial charge in [0.05, 0.1) is 16.8 Å². The molecule has 0 fully saturated rings. The summed E-state index contributed by atoms with van der Waals surface area (Å²) in [5.41, 5.74) is 1.33. The molecular formula is C19H14ClN3O2S2. The highest BCUT2D eigenvalue weighted by atomic mass is 35.5. The largest absolute Gasteiger partial charge is 0.486 e. The molecule has 27 heavy (non-hydrogen) atoms. The van der Waals surface area contributed by atoms with Gasteiger partial charge >= 0.3 is 0 Å². The summed E-state index contributed by atoms with van der Waals surface area (Å²) in [4.78, 5) is 21.2. The third-order valence-corrected chi connectivity index (χ3v) is 5.81. The molecular weight excluding hydrogens is 402 g/mol. The van der Waals surface area contributed by atoms with E-state index in [1.807, 2.05) is 24.3 Å². The van der Waals surface area contributed by atoms with Gasteiger partial charge in [-0.1, -0.05) is 23.7 Å². The lowest BCUT2D eigenvalue weighted by Gasteiger charge is -2.03. The summed E-state index contributed by atoms with van der Waals surface area (Å²) in [6.45, 7) is 0.684. The Morgan fingerprint density at radius 3 is 2.70 bits per heavy atom. The van der Waals surface area contributed by atoms with E-state index in [1.165, 1.54) is 11.3 Å². The van der Waals surface area contributed by atoms with Crippen LogP contribution in [-0.2, 0) is 13.2 Å². The van der Waals surface area contributed by atoms with E-state index in [0.29, 0.717) is 29.6 Å². The lowest BCUT2D eigenvalue weighted by Crippen LogP contribution is -2.23. The first-order chi connectivity index (χ1) is 13.2. The van der Waals surface area contributed by atoms with Crippen LogP contribution in [0.15, 0.2) is 53.9 Å². The normalized spacial score (nSPS) is 10.9. The standard InChI is InChI=1S/C19H14ClN3O2S2/c20-12-5-7-13(8-6-12)25-10-18-23-15(11-26-18)19(24)21-9-17-22-14-3-1-2-4-16(14)27-17/h1-8,11H,9-10H2,(H,21,24). The minimum Gasteiger partial charge on any atom is -0.486 e. The number of hydrogen-bond acceptors (Lipinski definition) is 6. The average Bonchev–Trinajstić information content (AvgIpc) is 3.32. The Labute approximate surface area is 168 Å². The number of thiazole rings is 2. The van der Waals surface area contributed by atoms with Crippen molar-refractivity contribution >= 4 is 50.4 Å². The zero-order chi connectivity index (χ0) is 18.6. The second kappa shape index (κ2) is 8.04. The maximum absolute atomic E-state index is 12.3. The molecule has 0 aliphatic carbocycles. The van der Waals surface area contributed by atoms with Crippen molar-refractivity contribution in [1.29, 1.82) is 0 Å². The van der Waals surface area contributed by atoms with Crippen LogP contribution >= 0.6 is 34.3 Å². The number of benzene rings is 2. The molecule has 0 aliphatic rings. The van der Waals surface area contributed by atoms with Gasteiger partial charge in [-0.2, -0.15) is 0 Å². The first-order valence-electron chi connectivity index (χ1n) is 8.13. The van der Waals surface area contributed by atoms with Gasteiger partial charge < -0.3 is 10.1 Å². The fourth-order valence-electron chi connectivity index (χ4n) is 2.40. The Morgan fingerprint density at radius 2 is 1.89 bits per heavy atom. The molecule has 8 heteroatoms. The number of nitrogens with one attached hydrogen (secondary N) is 1. The van der Waals surface area contributed by atoms with Gasteiger partial charge in [0.2, 0.25) is 0 Å². The summed E-state index contributed by atoms with van der Waals surface area (Å²) < 4.78 is 6.76. The van der Waals surface area contributed by atoms with Crippen molar-refractivity contribution in [3.05, 3.63) is 74.6 Å². The smallest absolute Gasteiger partial charge is 0.271 e. The summed E-state index contributed by atoms with van der Waals surface area (Å²) in [5, 5.41) is 6.85. The van der Waals surface area contributed by atoms with Gasteiger partial charge in [0.25, 0.3) is 5.91 Å². The Balaban J connectivity index is 1.33. The highest BCUT2D eigenvalue weighted by Crippen LogP contribution is 2.21. The van der Waals surface area contributed by atoms with Crippen molar-refractivity contribution in [1.82, 2.24) is 15.3 Å². The predicted molar refractivity (Wildman–Crippen MR) is 109 cm³/mol. The molecule has 0 bridgehead atoms. The van der Waals surface area contributed by atoms with E-state index in [1.54, 1.807) is 41.0 Å². The van der Waals surface area contributed by atoms with Gasteiger partial charge in [0.15, 0.2) is 0 Å². The second-order valence-corrected chi connectivity index (χ2v) is 8.12. The molecule has 2 heterocycles. The molecule has 2 aromatic carbocycles. The van der Waals surface area contributed by atoms with E-state index in [9.17, 15) is 4.79 Å². The average molecular weight is 416 g/mol. The molecule has 0 radical (unpaired) electrons. The monoisotopic (exact) mass is 415 g/mol. The van der Waals surface area contributed by atoms with Crippen molar-refractivity contribution in [3.63, 3.8) is 0 Å². The van der Waals surface area contributed by atoms with Crippen LogP contribution in [0, 0.1) is 0 Å². The quantitative estimate of drug-likeness (QED) is 0.485. The summed E-state index contributed by atoms with van der Waals surface area (Å²) >= 11 is 8.81. The van der Waals surface area contributed by atoms with E-state index >= 15 is 0 Å². The van der Waals surface area contributed by atoms with Crippen LogP contribution in [0.2, 0.25) is 5.02 Å². The maximum atomic E-state index is 12.3. The molecule has 0 saturated carbocycles. The fraction of sp³-hybridized carbons (Fsp3) is 0.105. The van der Waals surface area contributed by atoms with E-state index < -0.39 is 0 Å². The third-order valence-electron chi connectivity index (χ3n) is 3.70. The summed E-state index contributed by atoms with van der Waals surface area (Å²) in [7, 11) is 0. The van der Waals surface area contributed by atoms with E-state index in [-0.39, 0.29) is 5.91 Å². The molecule has 0 aliphatic heterocycles. The Kier molecular flexibility index (Phi) is 5.33. The number of fused-ring (bicyclic) bond motifs is 1. The van der Waals surface area contributed by atoms with E-state index in [4.69, 9.17) is 16.3 Å². The van der Waals surface area contributed by atoms with Crippen LogP contribution in [0.1, 0.15) is 20.5 Å². The summed E-state index contributed by atoms with van der Waals surface area (Å²) in [5.74, 6) is 0.486. The molecule has 5 nitrogen and oxygen atoms in total. The number of amides is 1.